The molecule has 0 bridgehead atoms. The Bertz CT molecular complexity index is 915. The van der Waals surface area contributed by atoms with Crippen LogP contribution in [0, 0.1) is 11.8 Å². The molecule has 0 unspecified atom stereocenters. The molecule has 0 aromatic heterocycles. The summed E-state index contributed by atoms with van der Waals surface area (Å²) in [5, 5.41) is 2.47. The minimum Gasteiger partial charge on any atom is -0.491 e. The van der Waals surface area contributed by atoms with Crippen molar-refractivity contribution in [3.8, 4) is 5.75 Å². The number of amides is 2. The number of nitrogens with zero attached hydrogens (tertiary/aromatic N) is 2. The van der Waals surface area contributed by atoms with Crippen LogP contribution < -0.4 is 10.1 Å². The summed E-state index contributed by atoms with van der Waals surface area (Å²) in [5.74, 6) is 2.65. The van der Waals surface area contributed by atoms with Crippen molar-refractivity contribution in [1.82, 2.24) is 15.1 Å². The number of ether oxygens (including phenoxy) is 2. The molecule has 2 aliphatic heterocycles. The van der Waals surface area contributed by atoms with E-state index < -0.39 is 11.5 Å². The number of nitrogens with one attached hydrogen (secondary N) is 1. The Balaban J connectivity index is 1.51. The van der Waals surface area contributed by atoms with E-state index in [2.05, 4.69) is 36.2 Å². The number of hydrogen-bond donors (Lipinski definition) is 1. The third kappa shape index (κ3) is 5.66. The maximum Gasteiger partial charge on any atom is 0.406 e. The number of alkyl carbamates (subject to hydrolysis) is 1. The fourth-order valence-corrected chi connectivity index (χ4v) is 6.60. The minimum absolute atomic E-state index is 0.0910. The fourth-order valence-electron chi connectivity index (χ4n) is 6.60. The van der Waals surface area contributed by atoms with E-state index in [4.69, 9.17) is 9.47 Å². The van der Waals surface area contributed by atoms with E-state index in [0.29, 0.717) is 19.1 Å². The Morgan fingerprint density at radius 2 is 1.81 bits per heavy atom. The number of carbonyl (C=O) groups is 2. The molecule has 1 N–H and O–H groups in total. The van der Waals surface area contributed by atoms with Crippen LogP contribution in [-0.4, -0.2) is 67.2 Å². The lowest BCUT2D eigenvalue weighted by molar-refractivity contribution is -0.142. The SMILES string of the molecule is CNC(=O)OCCN1Cc2cc(OC(C)C)ccc2C2(CCN(C3CCC(C(C)C)CC3)CC2)C1=O. The number of piperidine rings is 1. The van der Waals surface area contributed by atoms with Crippen molar-refractivity contribution in [2.75, 3.05) is 33.3 Å². The topological polar surface area (TPSA) is 71.1 Å². The molecular weight excluding hydrogens is 454 g/mol. The zero-order chi connectivity index (χ0) is 25.9. The predicted molar refractivity (Wildman–Crippen MR) is 141 cm³/mol. The Morgan fingerprint density at radius 1 is 1.11 bits per heavy atom. The van der Waals surface area contributed by atoms with E-state index in [9.17, 15) is 9.59 Å². The lowest BCUT2D eigenvalue weighted by Crippen LogP contribution is -2.57. The van der Waals surface area contributed by atoms with Gasteiger partial charge in [-0.25, -0.2) is 4.79 Å². The van der Waals surface area contributed by atoms with E-state index >= 15 is 0 Å². The van der Waals surface area contributed by atoms with Crippen molar-refractivity contribution in [3.05, 3.63) is 29.3 Å². The van der Waals surface area contributed by atoms with Gasteiger partial charge in [0, 0.05) is 19.6 Å². The second-order valence-electron chi connectivity index (χ2n) is 11.5. The van der Waals surface area contributed by atoms with Crippen molar-refractivity contribution in [2.45, 2.75) is 90.3 Å². The van der Waals surface area contributed by atoms with Crippen LogP contribution in [0.4, 0.5) is 4.79 Å². The van der Waals surface area contributed by atoms with E-state index in [1.54, 1.807) is 7.05 Å². The molecule has 3 aliphatic rings. The summed E-state index contributed by atoms with van der Waals surface area (Å²) >= 11 is 0. The highest BCUT2D eigenvalue weighted by Crippen LogP contribution is 2.45. The zero-order valence-electron chi connectivity index (χ0n) is 22.8. The number of hydrogen-bond acceptors (Lipinski definition) is 5. The van der Waals surface area contributed by atoms with Gasteiger partial charge >= 0.3 is 6.09 Å². The van der Waals surface area contributed by atoms with E-state index in [0.717, 1.165) is 54.6 Å². The molecule has 2 heterocycles. The average Bonchev–Trinajstić information content (AvgIpc) is 2.87. The fraction of sp³-hybridized carbons (Fsp3) is 0.724. The lowest BCUT2D eigenvalue weighted by atomic mass is 9.67. The average molecular weight is 500 g/mol. The van der Waals surface area contributed by atoms with Crippen molar-refractivity contribution in [2.24, 2.45) is 11.8 Å². The number of fused-ring (bicyclic) bond motifs is 2. The van der Waals surface area contributed by atoms with E-state index in [-0.39, 0.29) is 18.6 Å². The van der Waals surface area contributed by atoms with Crippen LogP contribution in [0.5, 0.6) is 5.75 Å². The maximum atomic E-state index is 14.0. The van der Waals surface area contributed by atoms with Gasteiger partial charge in [0.1, 0.15) is 12.4 Å². The van der Waals surface area contributed by atoms with Crippen LogP contribution in [0.3, 0.4) is 0 Å². The summed E-state index contributed by atoms with van der Waals surface area (Å²) in [5.41, 5.74) is 1.80. The van der Waals surface area contributed by atoms with Gasteiger partial charge in [0.05, 0.1) is 18.1 Å². The summed E-state index contributed by atoms with van der Waals surface area (Å²) in [4.78, 5) is 30.1. The van der Waals surface area contributed by atoms with Crippen LogP contribution in [0.25, 0.3) is 0 Å². The molecule has 2 fully saturated rings. The summed E-state index contributed by atoms with van der Waals surface area (Å²) in [6.45, 7) is 11.8. The van der Waals surface area contributed by atoms with Crippen LogP contribution in [-0.2, 0) is 21.5 Å². The third-order valence-corrected chi connectivity index (χ3v) is 8.67. The number of benzene rings is 1. The normalized spacial score (nSPS) is 24.2. The first-order valence-electron chi connectivity index (χ1n) is 13.9. The number of rotatable bonds is 7. The van der Waals surface area contributed by atoms with Crippen LogP contribution >= 0.6 is 0 Å². The summed E-state index contributed by atoms with van der Waals surface area (Å²) in [6.07, 6.45) is 6.49. The Morgan fingerprint density at radius 3 is 2.42 bits per heavy atom. The summed E-state index contributed by atoms with van der Waals surface area (Å²) < 4.78 is 11.2. The van der Waals surface area contributed by atoms with Crippen LogP contribution in [0.15, 0.2) is 18.2 Å². The highest BCUT2D eigenvalue weighted by molar-refractivity contribution is 5.90. The first-order valence-corrected chi connectivity index (χ1v) is 13.9. The Kier molecular flexibility index (Phi) is 8.48. The molecule has 4 rings (SSSR count). The molecule has 1 aromatic rings. The molecule has 2 amide bonds. The molecule has 1 aromatic carbocycles. The molecule has 0 radical (unpaired) electrons. The zero-order valence-corrected chi connectivity index (χ0v) is 22.8. The largest absolute Gasteiger partial charge is 0.491 e. The molecule has 0 atom stereocenters. The minimum atomic E-state index is -0.511. The lowest BCUT2D eigenvalue weighted by Gasteiger charge is -2.49. The molecule has 1 saturated carbocycles. The van der Waals surface area contributed by atoms with Crippen molar-refractivity contribution in [1.29, 1.82) is 0 Å². The van der Waals surface area contributed by atoms with Crippen molar-refractivity contribution < 1.29 is 19.1 Å². The van der Waals surface area contributed by atoms with Crippen LogP contribution in [0.2, 0.25) is 0 Å². The number of carbonyl (C=O) groups excluding carboxylic acids is 2. The molecular formula is C29H45N3O4. The van der Waals surface area contributed by atoms with Crippen LogP contribution in [0.1, 0.15) is 77.3 Å². The van der Waals surface area contributed by atoms with Crippen molar-refractivity contribution in [3.63, 3.8) is 0 Å². The molecule has 200 valence electrons. The van der Waals surface area contributed by atoms with E-state index in [1.807, 2.05) is 24.8 Å². The second-order valence-corrected chi connectivity index (χ2v) is 11.5. The van der Waals surface area contributed by atoms with Gasteiger partial charge in [-0.05, 0) is 101 Å². The van der Waals surface area contributed by atoms with Gasteiger partial charge in [-0.1, -0.05) is 19.9 Å². The summed E-state index contributed by atoms with van der Waals surface area (Å²) in [7, 11) is 1.54. The van der Waals surface area contributed by atoms with Gasteiger partial charge < -0.3 is 24.6 Å². The summed E-state index contributed by atoms with van der Waals surface area (Å²) in [6, 6.07) is 6.91. The maximum absolute atomic E-state index is 14.0. The molecule has 1 spiro atoms. The Hall–Kier alpha value is -2.28. The highest BCUT2D eigenvalue weighted by Gasteiger charge is 2.49. The smallest absolute Gasteiger partial charge is 0.406 e. The van der Waals surface area contributed by atoms with Gasteiger partial charge in [0.2, 0.25) is 5.91 Å². The van der Waals surface area contributed by atoms with Gasteiger partial charge in [-0.2, -0.15) is 0 Å². The molecule has 1 saturated heterocycles. The van der Waals surface area contributed by atoms with Gasteiger partial charge in [-0.3, -0.25) is 4.79 Å². The third-order valence-electron chi connectivity index (χ3n) is 8.67. The first-order chi connectivity index (χ1) is 17.2. The second kappa shape index (κ2) is 11.4. The van der Waals surface area contributed by atoms with E-state index in [1.165, 1.54) is 25.7 Å². The van der Waals surface area contributed by atoms with Gasteiger partial charge in [0.25, 0.3) is 0 Å². The molecule has 7 heteroatoms. The Labute approximate surface area is 216 Å². The standard InChI is InChI=1S/C29H45N3O4/c1-20(2)22-6-8-24(9-7-22)31-14-12-29(13-15-31)26-11-10-25(36-21(3)4)18-23(26)19-32(27(29)33)16-17-35-28(34)30-5/h10-11,18,20-22,24H,6-9,12-17,19H2,1-5H3,(H,30,34). The van der Waals surface area contributed by atoms with Crippen molar-refractivity contribution >= 4 is 12.0 Å². The number of likely N-dealkylation sites (tertiary alicyclic amines) is 1. The molecule has 36 heavy (non-hydrogen) atoms. The van der Waals surface area contributed by atoms with Gasteiger partial charge in [-0.15, -0.1) is 0 Å². The molecule has 7 nitrogen and oxygen atoms in total. The van der Waals surface area contributed by atoms with Gasteiger partial charge in [0.15, 0.2) is 0 Å². The first kappa shape index (κ1) is 26.8. The quantitative estimate of drug-likeness (QED) is 0.588. The predicted octanol–water partition coefficient (Wildman–Crippen LogP) is 4.72. The molecule has 1 aliphatic carbocycles. The monoisotopic (exact) mass is 499 g/mol. The highest BCUT2D eigenvalue weighted by atomic mass is 16.5.